The van der Waals surface area contributed by atoms with Gasteiger partial charge in [0.25, 0.3) is 11.9 Å². The third kappa shape index (κ3) is 3.18. The predicted molar refractivity (Wildman–Crippen MR) is 60.4 cm³/mol. The highest BCUT2D eigenvalue weighted by molar-refractivity contribution is 5.66. The maximum atomic E-state index is 13.4. The Bertz CT molecular complexity index is 638. The summed E-state index contributed by atoms with van der Waals surface area (Å²) in [6.45, 7) is -3.19. The molecule has 0 radical (unpaired) electrons. The molecule has 1 N–H and O–H groups in total. The van der Waals surface area contributed by atoms with Crippen LogP contribution in [0.1, 0.15) is 0 Å². The van der Waals surface area contributed by atoms with Crippen LogP contribution in [0.15, 0.2) is 24.3 Å². The normalized spacial score (nSPS) is 10.8. The van der Waals surface area contributed by atoms with Crippen molar-refractivity contribution in [3.63, 3.8) is 0 Å². The molecule has 0 saturated heterocycles. The lowest BCUT2D eigenvalue weighted by Gasteiger charge is -2.13. The summed E-state index contributed by atoms with van der Waals surface area (Å²) in [6, 6.07) is 4.87. The summed E-state index contributed by atoms with van der Waals surface area (Å²) in [5.74, 6) is -7.78. The van der Waals surface area contributed by atoms with Gasteiger partial charge in [0, 0.05) is 0 Å². The van der Waals surface area contributed by atoms with E-state index < -0.39 is 41.6 Å². The van der Waals surface area contributed by atoms with E-state index in [1.54, 1.807) is 0 Å². The van der Waals surface area contributed by atoms with Crippen LogP contribution in [0.2, 0.25) is 0 Å². The summed E-state index contributed by atoms with van der Waals surface area (Å²) in [6.07, 6.45) is 0. The van der Waals surface area contributed by atoms with Crippen molar-refractivity contribution in [3.8, 4) is 5.75 Å². The van der Waals surface area contributed by atoms with Crippen molar-refractivity contribution in [1.29, 1.82) is 0 Å². The first-order chi connectivity index (χ1) is 9.90. The molecule has 0 saturated carbocycles. The molecule has 9 heteroatoms. The van der Waals surface area contributed by atoms with Gasteiger partial charge in [0.05, 0.1) is 5.69 Å². The van der Waals surface area contributed by atoms with Gasteiger partial charge in [0.15, 0.2) is 0 Å². The minimum atomic E-state index is -3.19. The summed E-state index contributed by atoms with van der Waals surface area (Å²) in [5, 5.41) is 1.97. The molecule has 21 heavy (non-hydrogen) atoms. The zero-order valence-corrected chi connectivity index (χ0v) is 10.0. The van der Waals surface area contributed by atoms with Crippen LogP contribution in [0, 0.1) is 23.5 Å². The van der Waals surface area contributed by atoms with Gasteiger partial charge in [-0.05, 0) is 12.1 Å². The molecular weight excluding hydrogens is 302 g/mol. The highest BCUT2D eigenvalue weighted by Gasteiger charge is 2.22. The number of benzene rings is 1. The summed E-state index contributed by atoms with van der Waals surface area (Å²) in [4.78, 5) is 2.37. The van der Waals surface area contributed by atoms with E-state index in [4.69, 9.17) is 0 Å². The Morgan fingerprint density at radius 1 is 0.952 bits per heavy atom. The van der Waals surface area contributed by atoms with Crippen LogP contribution in [0.25, 0.3) is 0 Å². The Kier molecular flexibility index (Phi) is 4.20. The third-order valence-corrected chi connectivity index (χ3v) is 2.36. The standard InChI is InChI=1S/C12H6F6N2O/c13-7-9(8(14)11(16)20-10(7)15)19-5-3-1-2-4-6(5)21-12(17)18/h1-4,12H,(H,19,20). The second-order valence-electron chi connectivity index (χ2n) is 3.70. The smallest absolute Gasteiger partial charge is 0.387 e. The Morgan fingerprint density at radius 3 is 2.10 bits per heavy atom. The first-order valence-electron chi connectivity index (χ1n) is 5.41. The monoisotopic (exact) mass is 308 g/mol. The number of pyridine rings is 1. The molecule has 0 unspecified atom stereocenters. The molecule has 0 atom stereocenters. The molecule has 112 valence electrons. The van der Waals surface area contributed by atoms with Gasteiger partial charge < -0.3 is 10.1 Å². The van der Waals surface area contributed by atoms with Crippen LogP contribution in [-0.4, -0.2) is 11.6 Å². The van der Waals surface area contributed by atoms with Gasteiger partial charge >= 0.3 is 6.61 Å². The molecule has 1 heterocycles. The SMILES string of the molecule is Fc1nc(F)c(F)c(Nc2ccccc2OC(F)F)c1F. The van der Waals surface area contributed by atoms with E-state index in [-0.39, 0.29) is 5.69 Å². The molecule has 0 amide bonds. The number of nitrogens with zero attached hydrogens (tertiary/aromatic N) is 1. The Hall–Kier alpha value is -2.45. The number of anilines is 2. The maximum Gasteiger partial charge on any atom is 0.387 e. The molecule has 0 aliphatic carbocycles. The average molecular weight is 308 g/mol. The number of para-hydroxylation sites is 2. The molecule has 0 bridgehead atoms. The Labute approximate surface area is 114 Å². The molecule has 0 aliphatic heterocycles. The number of hydrogen-bond acceptors (Lipinski definition) is 3. The maximum absolute atomic E-state index is 13.4. The van der Waals surface area contributed by atoms with Crippen LogP contribution in [0.3, 0.4) is 0 Å². The molecule has 0 aliphatic rings. The third-order valence-electron chi connectivity index (χ3n) is 2.36. The number of nitrogens with one attached hydrogen (secondary N) is 1. The first kappa shape index (κ1) is 14.9. The summed E-state index contributed by atoms with van der Waals surface area (Å²) < 4.78 is 81.3. The minimum Gasteiger partial charge on any atom is -0.433 e. The lowest BCUT2D eigenvalue weighted by Crippen LogP contribution is -2.08. The molecule has 2 rings (SSSR count). The molecule has 3 nitrogen and oxygen atoms in total. The van der Waals surface area contributed by atoms with Crippen LogP contribution in [-0.2, 0) is 0 Å². The van der Waals surface area contributed by atoms with E-state index in [0.717, 1.165) is 12.1 Å². The molecule has 1 aromatic carbocycles. The van der Waals surface area contributed by atoms with Crippen molar-refractivity contribution in [1.82, 2.24) is 4.98 Å². The van der Waals surface area contributed by atoms with E-state index in [1.807, 2.05) is 5.32 Å². The quantitative estimate of drug-likeness (QED) is 0.685. The van der Waals surface area contributed by atoms with Crippen molar-refractivity contribution in [2.75, 3.05) is 5.32 Å². The second-order valence-corrected chi connectivity index (χ2v) is 3.70. The van der Waals surface area contributed by atoms with E-state index in [9.17, 15) is 26.3 Å². The lowest BCUT2D eigenvalue weighted by atomic mass is 10.2. The molecule has 2 aromatic rings. The number of rotatable bonds is 4. The summed E-state index contributed by atoms with van der Waals surface area (Å²) >= 11 is 0. The number of ether oxygens (including phenoxy) is 1. The van der Waals surface area contributed by atoms with Gasteiger partial charge in [-0.15, -0.1) is 0 Å². The number of aromatic nitrogens is 1. The Morgan fingerprint density at radius 2 is 1.52 bits per heavy atom. The second kappa shape index (κ2) is 5.90. The summed E-state index contributed by atoms with van der Waals surface area (Å²) in [5.41, 5.74) is -1.51. The van der Waals surface area contributed by atoms with E-state index in [0.29, 0.717) is 0 Å². The van der Waals surface area contributed by atoms with Crippen molar-refractivity contribution in [2.45, 2.75) is 6.61 Å². The van der Waals surface area contributed by atoms with Crippen LogP contribution < -0.4 is 10.1 Å². The van der Waals surface area contributed by atoms with E-state index in [1.165, 1.54) is 12.1 Å². The highest BCUT2D eigenvalue weighted by atomic mass is 19.3. The fourth-order valence-corrected chi connectivity index (χ4v) is 1.50. The molecule has 1 aromatic heterocycles. The minimum absolute atomic E-state index is 0.305. The number of hydrogen-bond donors (Lipinski definition) is 1. The molecular formula is C12H6F6N2O. The van der Waals surface area contributed by atoms with Crippen molar-refractivity contribution >= 4 is 11.4 Å². The largest absolute Gasteiger partial charge is 0.433 e. The predicted octanol–water partition coefficient (Wildman–Crippen LogP) is 3.98. The van der Waals surface area contributed by atoms with Gasteiger partial charge in [-0.3, -0.25) is 0 Å². The van der Waals surface area contributed by atoms with E-state index in [2.05, 4.69) is 9.72 Å². The lowest BCUT2D eigenvalue weighted by molar-refractivity contribution is -0.0493. The van der Waals surface area contributed by atoms with Gasteiger partial charge in [-0.25, -0.2) is 0 Å². The highest BCUT2D eigenvalue weighted by Crippen LogP contribution is 2.31. The van der Waals surface area contributed by atoms with Crippen LogP contribution >= 0.6 is 0 Å². The number of alkyl halides is 2. The average Bonchev–Trinajstić information content (AvgIpc) is 2.42. The van der Waals surface area contributed by atoms with Crippen LogP contribution in [0.4, 0.5) is 37.7 Å². The van der Waals surface area contributed by atoms with Gasteiger partial charge in [-0.1, -0.05) is 12.1 Å². The zero-order valence-electron chi connectivity index (χ0n) is 10.0. The fraction of sp³-hybridized carbons (Fsp3) is 0.0833. The van der Waals surface area contributed by atoms with Gasteiger partial charge in [-0.2, -0.15) is 31.3 Å². The first-order valence-corrected chi connectivity index (χ1v) is 5.41. The topological polar surface area (TPSA) is 34.2 Å². The molecule has 0 fully saturated rings. The van der Waals surface area contributed by atoms with E-state index >= 15 is 0 Å². The van der Waals surface area contributed by atoms with Gasteiger partial charge in [0.1, 0.15) is 11.4 Å². The Balaban J connectivity index is 2.44. The fourth-order valence-electron chi connectivity index (χ4n) is 1.50. The summed E-state index contributed by atoms with van der Waals surface area (Å²) in [7, 11) is 0. The van der Waals surface area contributed by atoms with Gasteiger partial charge in [0.2, 0.25) is 11.6 Å². The zero-order chi connectivity index (χ0) is 15.6. The van der Waals surface area contributed by atoms with Crippen molar-refractivity contribution < 1.29 is 31.1 Å². The van der Waals surface area contributed by atoms with Crippen LogP contribution in [0.5, 0.6) is 5.75 Å². The number of halogens is 6. The van der Waals surface area contributed by atoms with Crippen molar-refractivity contribution in [3.05, 3.63) is 47.8 Å². The van der Waals surface area contributed by atoms with Crippen molar-refractivity contribution in [2.24, 2.45) is 0 Å². The molecule has 0 spiro atoms.